The lowest BCUT2D eigenvalue weighted by Gasteiger charge is -2.41. The Morgan fingerprint density at radius 1 is 1.30 bits per heavy atom. The summed E-state index contributed by atoms with van der Waals surface area (Å²) in [6, 6.07) is 7.62. The molecule has 1 saturated carbocycles. The first-order valence-electron chi connectivity index (χ1n) is 8.54. The summed E-state index contributed by atoms with van der Waals surface area (Å²) in [6.45, 7) is 2.42. The predicted molar refractivity (Wildman–Crippen MR) is 91.3 cm³/mol. The maximum absolute atomic E-state index is 12.6. The largest absolute Gasteiger partial charge is 0.379 e. The summed E-state index contributed by atoms with van der Waals surface area (Å²) in [4.78, 5) is 14.5. The second-order valence-corrected chi connectivity index (χ2v) is 7.29. The van der Waals surface area contributed by atoms with Crippen molar-refractivity contribution in [3.8, 4) is 0 Å². The molecule has 1 saturated heterocycles. The van der Waals surface area contributed by atoms with Crippen LogP contribution in [0.2, 0.25) is 5.02 Å². The number of nitrogens with one attached hydrogen (secondary N) is 1. The third-order valence-electron chi connectivity index (χ3n) is 5.10. The fourth-order valence-electron chi connectivity index (χ4n) is 3.44. The normalized spacial score (nSPS) is 25.5. The van der Waals surface area contributed by atoms with Crippen molar-refractivity contribution in [1.29, 1.82) is 0 Å². The lowest BCUT2D eigenvalue weighted by Crippen LogP contribution is -2.58. The molecule has 1 aromatic rings. The second kappa shape index (κ2) is 7.20. The standard InChI is InChI=1S/C18H25ClN2O2/c19-16-8-2-1-7-15(16)11-20-13-18(23)9-4-10-21(17(18)22)12-14-5-3-6-14/h1-2,7-8,14,20,23H,3-6,9-13H2/t18-/m0/s1. The van der Waals surface area contributed by atoms with Gasteiger partial charge in [-0.1, -0.05) is 36.2 Å². The van der Waals surface area contributed by atoms with Crippen LogP contribution in [0.5, 0.6) is 0 Å². The molecular weight excluding hydrogens is 312 g/mol. The maximum Gasteiger partial charge on any atom is 0.255 e. The predicted octanol–water partition coefficient (Wildman–Crippen LogP) is 2.58. The van der Waals surface area contributed by atoms with E-state index in [-0.39, 0.29) is 12.5 Å². The maximum atomic E-state index is 12.6. The minimum absolute atomic E-state index is 0.109. The third kappa shape index (κ3) is 3.87. The van der Waals surface area contributed by atoms with Gasteiger partial charge in [0.15, 0.2) is 5.60 Å². The van der Waals surface area contributed by atoms with E-state index in [0.717, 1.165) is 25.1 Å². The van der Waals surface area contributed by atoms with Crippen molar-refractivity contribution in [2.24, 2.45) is 5.92 Å². The summed E-state index contributed by atoms with van der Waals surface area (Å²) in [5.74, 6) is 0.527. The zero-order valence-corrected chi connectivity index (χ0v) is 14.2. The van der Waals surface area contributed by atoms with E-state index in [2.05, 4.69) is 5.32 Å². The molecule has 0 radical (unpaired) electrons. The van der Waals surface area contributed by atoms with Crippen molar-refractivity contribution in [2.45, 2.75) is 44.2 Å². The highest BCUT2D eigenvalue weighted by Gasteiger charge is 2.42. The van der Waals surface area contributed by atoms with Crippen LogP contribution >= 0.6 is 11.6 Å². The van der Waals surface area contributed by atoms with E-state index in [9.17, 15) is 9.90 Å². The Morgan fingerprint density at radius 2 is 2.09 bits per heavy atom. The molecule has 1 heterocycles. The Labute approximate surface area is 142 Å². The number of rotatable bonds is 6. The van der Waals surface area contributed by atoms with Crippen molar-refractivity contribution in [3.05, 3.63) is 34.9 Å². The van der Waals surface area contributed by atoms with Gasteiger partial charge >= 0.3 is 0 Å². The number of likely N-dealkylation sites (tertiary alicyclic amines) is 1. The summed E-state index contributed by atoms with van der Waals surface area (Å²) in [6.07, 6.45) is 5.10. The Balaban J connectivity index is 1.54. The first kappa shape index (κ1) is 16.7. The molecule has 1 aliphatic heterocycles. The summed E-state index contributed by atoms with van der Waals surface area (Å²) < 4.78 is 0. The van der Waals surface area contributed by atoms with Crippen molar-refractivity contribution in [1.82, 2.24) is 10.2 Å². The quantitative estimate of drug-likeness (QED) is 0.839. The van der Waals surface area contributed by atoms with E-state index < -0.39 is 5.60 Å². The number of halogens is 1. The summed E-state index contributed by atoms with van der Waals surface area (Å²) in [5.41, 5.74) is -0.296. The van der Waals surface area contributed by atoms with Crippen LogP contribution in [0, 0.1) is 5.92 Å². The second-order valence-electron chi connectivity index (χ2n) is 6.88. The first-order valence-corrected chi connectivity index (χ1v) is 8.92. The number of nitrogens with zero attached hydrogens (tertiary/aromatic N) is 1. The molecule has 0 unspecified atom stereocenters. The number of aliphatic hydroxyl groups is 1. The van der Waals surface area contributed by atoms with E-state index >= 15 is 0 Å². The van der Waals surface area contributed by atoms with Crippen LogP contribution in [0.4, 0.5) is 0 Å². The molecule has 0 bridgehead atoms. The van der Waals surface area contributed by atoms with Gasteiger partial charge in [0.25, 0.3) is 5.91 Å². The highest BCUT2D eigenvalue weighted by Crippen LogP contribution is 2.30. The molecule has 1 amide bonds. The lowest BCUT2D eigenvalue weighted by molar-refractivity contribution is -0.157. The van der Waals surface area contributed by atoms with Gasteiger partial charge in [0.2, 0.25) is 0 Å². The Kier molecular flexibility index (Phi) is 5.24. The van der Waals surface area contributed by atoms with Crippen molar-refractivity contribution < 1.29 is 9.90 Å². The van der Waals surface area contributed by atoms with Crippen LogP contribution in [0.15, 0.2) is 24.3 Å². The molecule has 23 heavy (non-hydrogen) atoms. The van der Waals surface area contributed by atoms with E-state index in [1.165, 1.54) is 19.3 Å². The zero-order chi connectivity index (χ0) is 16.3. The summed E-state index contributed by atoms with van der Waals surface area (Å²) in [5, 5.41) is 14.7. The molecule has 1 aliphatic carbocycles. The number of amides is 1. The zero-order valence-electron chi connectivity index (χ0n) is 13.4. The number of carbonyl (C=O) groups is 1. The topological polar surface area (TPSA) is 52.6 Å². The monoisotopic (exact) mass is 336 g/mol. The average molecular weight is 337 g/mol. The molecule has 126 valence electrons. The van der Waals surface area contributed by atoms with E-state index in [4.69, 9.17) is 11.6 Å². The highest BCUT2D eigenvalue weighted by molar-refractivity contribution is 6.31. The minimum Gasteiger partial charge on any atom is -0.379 e. The van der Waals surface area contributed by atoms with Gasteiger partial charge in [-0.3, -0.25) is 4.79 Å². The molecule has 0 aromatic heterocycles. The molecule has 1 aromatic carbocycles. The smallest absolute Gasteiger partial charge is 0.255 e. The third-order valence-corrected chi connectivity index (χ3v) is 5.47. The SMILES string of the molecule is O=C1N(CC2CCC2)CCC[C@]1(O)CNCc1ccccc1Cl. The van der Waals surface area contributed by atoms with Gasteiger partial charge in [0.1, 0.15) is 0 Å². The van der Waals surface area contributed by atoms with Gasteiger partial charge in [-0.25, -0.2) is 0 Å². The van der Waals surface area contributed by atoms with Crippen LogP contribution in [0.25, 0.3) is 0 Å². The van der Waals surface area contributed by atoms with Crippen LogP contribution < -0.4 is 5.32 Å². The van der Waals surface area contributed by atoms with Gasteiger partial charge in [-0.2, -0.15) is 0 Å². The summed E-state index contributed by atoms with van der Waals surface area (Å²) >= 11 is 6.13. The molecule has 1 atom stereocenters. The molecule has 2 N–H and O–H groups in total. The molecule has 5 heteroatoms. The fraction of sp³-hybridized carbons (Fsp3) is 0.611. The van der Waals surface area contributed by atoms with E-state index in [1.807, 2.05) is 29.2 Å². The Morgan fingerprint density at radius 3 is 2.78 bits per heavy atom. The molecule has 3 rings (SSSR count). The van der Waals surface area contributed by atoms with Crippen molar-refractivity contribution in [3.63, 3.8) is 0 Å². The Hall–Kier alpha value is -1.10. The number of hydrogen-bond acceptors (Lipinski definition) is 3. The lowest BCUT2D eigenvalue weighted by atomic mass is 9.83. The molecule has 2 fully saturated rings. The van der Waals surface area contributed by atoms with Crippen LogP contribution in [0.1, 0.15) is 37.7 Å². The molecule has 0 spiro atoms. The molecular formula is C18H25ClN2O2. The van der Waals surface area contributed by atoms with Gasteiger partial charge in [-0.05, 0) is 43.2 Å². The average Bonchev–Trinajstić information content (AvgIpc) is 2.49. The minimum atomic E-state index is -1.27. The summed E-state index contributed by atoms with van der Waals surface area (Å²) in [7, 11) is 0. The number of carbonyl (C=O) groups excluding carboxylic acids is 1. The van der Waals surface area contributed by atoms with E-state index in [0.29, 0.717) is 23.9 Å². The number of benzene rings is 1. The fourth-order valence-corrected chi connectivity index (χ4v) is 3.64. The van der Waals surface area contributed by atoms with Crippen LogP contribution in [-0.4, -0.2) is 41.1 Å². The molecule has 2 aliphatic rings. The van der Waals surface area contributed by atoms with Gasteiger partial charge in [0, 0.05) is 31.2 Å². The van der Waals surface area contributed by atoms with Crippen LogP contribution in [0.3, 0.4) is 0 Å². The van der Waals surface area contributed by atoms with Gasteiger partial charge in [-0.15, -0.1) is 0 Å². The number of hydrogen-bond donors (Lipinski definition) is 2. The van der Waals surface area contributed by atoms with Crippen LogP contribution in [-0.2, 0) is 11.3 Å². The molecule has 4 nitrogen and oxygen atoms in total. The van der Waals surface area contributed by atoms with Gasteiger partial charge < -0.3 is 15.3 Å². The van der Waals surface area contributed by atoms with Crippen molar-refractivity contribution >= 4 is 17.5 Å². The van der Waals surface area contributed by atoms with E-state index in [1.54, 1.807) is 0 Å². The van der Waals surface area contributed by atoms with Gasteiger partial charge in [0.05, 0.1) is 0 Å². The number of piperidine rings is 1. The first-order chi connectivity index (χ1) is 11.1. The highest BCUT2D eigenvalue weighted by atomic mass is 35.5. The Bertz CT molecular complexity index is 562. The van der Waals surface area contributed by atoms with Crippen molar-refractivity contribution in [2.75, 3.05) is 19.6 Å².